The molecule has 3 nitrogen and oxygen atoms in total. The standard InChI is InChI=1S/C16H20BrNO2/c17-11-7-3-1-2-4-8-12-18-15(19)13-9-5-6-10-14(13)16(18)20/h5-6,9-10H,1-4,7-8,11-12H2. The molecule has 2 amide bonds. The maximum absolute atomic E-state index is 12.1. The van der Waals surface area contributed by atoms with Crippen molar-refractivity contribution in [2.24, 2.45) is 0 Å². The number of halogens is 1. The van der Waals surface area contributed by atoms with Gasteiger partial charge in [0.1, 0.15) is 0 Å². The summed E-state index contributed by atoms with van der Waals surface area (Å²) in [6.45, 7) is 0.546. The van der Waals surface area contributed by atoms with Crippen molar-refractivity contribution in [1.82, 2.24) is 4.90 Å². The molecule has 0 aromatic heterocycles. The molecule has 0 atom stereocenters. The minimum Gasteiger partial charge on any atom is -0.274 e. The number of alkyl halides is 1. The Balaban J connectivity index is 1.75. The normalized spacial score (nSPS) is 13.9. The van der Waals surface area contributed by atoms with Gasteiger partial charge in [-0.1, -0.05) is 53.7 Å². The van der Waals surface area contributed by atoms with Crippen LogP contribution in [0.5, 0.6) is 0 Å². The molecule has 1 aromatic carbocycles. The monoisotopic (exact) mass is 337 g/mol. The molecule has 1 aliphatic rings. The average Bonchev–Trinajstić information content (AvgIpc) is 2.71. The SMILES string of the molecule is O=C1c2ccccc2C(=O)N1CCCCCCCCBr. The van der Waals surface area contributed by atoms with E-state index in [9.17, 15) is 9.59 Å². The zero-order valence-electron chi connectivity index (χ0n) is 11.6. The van der Waals surface area contributed by atoms with Crippen LogP contribution in [0.3, 0.4) is 0 Å². The lowest BCUT2D eigenvalue weighted by Crippen LogP contribution is -2.30. The highest BCUT2D eigenvalue weighted by atomic mass is 79.9. The van der Waals surface area contributed by atoms with Gasteiger partial charge in [0.15, 0.2) is 0 Å². The van der Waals surface area contributed by atoms with E-state index in [1.807, 2.05) is 0 Å². The molecular weight excluding hydrogens is 318 g/mol. The summed E-state index contributed by atoms with van der Waals surface area (Å²) >= 11 is 3.42. The van der Waals surface area contributed by atoms with Crippen LogP contribution < -0.4 is 0 Å². The van der Waals surface area contributed by atoms with Crippen molar-refractivity contribution >= 4 is 27.7 Å². The van der Waals surface area contributed by atoms with Crippen LogP contribution in [0.15, 0.2) is 24.3 Å². The van der Waals surface area contributed by atoms with Crippen molar-refractivity contribution in [3.63, 3.8) is 0 Å². The van der Waals surface area contributed by atoms with Gasteiger partial charge in [-0.05, 0) is 25.0 Å². The maximum Gasteiger partial charge on any atom is 0.261 e. The van der Waals surface area contributed by atoms with Crippen LogP contribution >= 0.6 is 15.9 Å². The number of fused-ring (bicyclic) bond motifs is 1. The quantitative estimate of drug-likeness (QED) is 0.408. The molecule has 20 heavy (non-hydrogen) atoms. The third-order valence-electron chi connectivity index (χ3n) is 3.64. The van der Waals surface area contributed by atoms with Gasteiger partial charge in [-0.15, -0.1) is 0 Å². The lowest BCUT2D eigenvalue weighted by Gasteiger charge is -2.13. The topological polar surface area (TPSA) is 37.4 Å². The maximum atomic E-state index is 12.1. The minimum absolute atomic E-state index is 0.134. The van der Waals surface area contributed by atoms with Crippen LogP contribution in [0.1, 0.15) is 59.2 Å². The van der Waals surface area contributed by atoms with E-state index in [2.05, 4.69) is 15.9 Å². The third kappa shape index (κ3) is 3.48. The first-order valence-corrected chi connectivity index (χ1v) is 8.39. The smallest absolute Gasteiger partial charge is 0.261 e. The number of carbonyl (C=O) groups excluding carboxylic acids is 2. The molecule has 108 valence electrons. The number of benzene rings is 1. The van der Waals surface area contributed by atoms with Gasteiger partial charge in [0.25, 0.3) is 11.8 Å². The Hall–Kier alpha value is -1.16. The molecule has 2 rings (SSSR count). The summed E-state index contributed by atoms with van der Waals surface area (Å²) in [5.74, 6) is -0.269. The van der Waals surface area contributed by atoms with Gasteiger partial charge in [-0.3, -0.25) is 14.5 Å². The van der Waals surface area contributed by atoms with E-state index in [-0.39, 0.29) is 11.8 Å². The minimum atomic E-state index is -0.134. The summed E-state index contributed by atoms with van der Waals surface area (Å²) in [6.07, 6.45) is 6.86. The summed E-state index contributed by atoms with van der Waals surface area (Å²) < 4.78 is 0. The van der Waals surface area contributed by atoms with Crippen molar-refractivity contribution in [1.29, 1.82) is 0 Å². The number of carbonyl (C=O) groups is 2. The molecule has 0 fully saturated rings. The fourth-order valence-electron chi connectivity index (χ4n) is 2.51. The second kappa shape index (κ2) is 7.58. The summed E-state index contributed by atoms with van der Waals surface area (Å²) in [6, 6.07) is 7.07. The van der Waals surface area contributed by atoms with Gasteiger partial charge in [0, 0.05) is 11.9 Å². The second-order valence-electron chi connectivity index (χ2n) is 5.12. The molecule has 0 saturated heterocycles. The Bertz CT molecular complexity index is 452. The predicted molar refractivity (Wildman–Crippen MR) is 83.3 cm³/mol. The molecule has 0 saturated carbocycles. The first-order chi connectivity index (χ1) is 9.75. The first kappa shape index (κ1) is 15.2. The number of hydrogen-bond donors (Lipinski definition) is 0. The third-order valence-corrected chi connectivity index (χ3v) is 4.20. The molecule has 0 bridgehead atoms. The molecule has 0 unspecified atom stereocenters. The van der Waals surface area contributed by atoms with Crippen molar-refractivity contribution < 1.29 is 9.59 Å². The van der Waals surface area contributed by atoms with Gasteiger partial charge in [-0.25, -0.2) is 0 Å². The molecule has 0 radical (unpaired) electrons. The summed E-state index contributed by atoms with van der Waals surface area (Å²) in [4.78, 5) is 25.6. The van der Waals surface area contributed by atoms with E-state index in [0.717, 1.165) is 18.2 Å². The van der Waals surface area contributed by atoms with Gasteiger partial charge in [-0.2, -0.15) is 0 Å². The largest absolute Gasteiger partial charge is 0.274 e. The molecule has 1 aromatic rings. The fourth-order valence-corrected chi connectivity index (χ4v) is 2.91. The molecule has 1 heterocycles. The van der Waals surface area contributed by atoms with Crippen LogP contribution in [0.2, 0.25) is 0 Å². The average molecular weight is 338 g/mol. The number of imide groups is 1. The van der Waals surface area contributed by atoms with E-state index in [4.69, 9.17) is 0 Å². The van der Waals surface area contributed by atoms with E-state index in [0.29, 0.717) is 17.7 Å². The second-order valence-corrected chi connectivity index (χ2v) is 5.91. The van der Waals surface area contributed by atoms with Crippen LogP contribution in [-0.2, 0) is 0 Å². The van der Waals surface area contributed by atoms with Gasteiger partial charge >= 0.3 is 0 Å². The zero-order valence-corrected chi connectivity index (χ0v) is 13.2. The Kier molecular flexibility index (Phi) is 5.77. The van der Waals surface area contributed by atoms with Crippen molar-refractivity contribution in [2.45, 2.75) is 38.5 Å². The lowest BCUT2D eigenvalue weighted by atomic mass is 10.1. The van der Waals surface area contributed by atoms with Crippen molar-refractivity contribution in [3.05, 3.63) is 35.4 Å². The van der Waals surface area contributed by atoms with Crippen LogP contribution in [-0.4, -0.2) is 28.6 Å². The summed E-state index contributed by atoms with van der Waals surface area (Å²) in [5, 5.41) is 1.07. The van der Waals surface area contributed by atoms with Crippen molar-refractivity contribution in [2.75, 3.05) is 11.9 Å². The van der Waals surface area contributed by atoms with E-state index >= 15 is 0 Å². The van der Waals surface area contributed by atoms with Crippen LogP contribution in [0, 0.1) is 0 Å². The van der Waals surface area contributed by atoms with Crippen molar-refractivity contribution in [3.8, 4) is 0 Å². The van der Waals surface area contributed by atoms with E-state index < -0.39 is 0 Å². The Morgan fingerprint density at radius 1 is 0.800 bits per heavy atom. The van der Waals surface area contributed by atoms with Gasteiger partial charge < -0.3 is 0 Å². The summed E-state index contributed by atoms with van der Waals surface area (Å²) in [5.41, 5.74) is 1.10. The van der Waals surface area contributed by atoms with Gasteiger partial charge in [0.2, 0.25) is 0 Å². The van der Waals surface area contributed by atoms with Gasteiger partial charge in [0.05, 0.1) is 11.1 Å². The number of rotatable bonds is 8. The molecule has 0 spiro atoms. The predicted octanol–water partition coefficient (Wildman–Crippen LogP) is 4.02. The molecule has 1 aliphatic heterocycles. The fraction of sp³-hybridized carbons (Fsp3) is 0.500. The van der Waals surface area contributed by atoms with E-state index in [1.165, 1.54) is 30.6 Å². The molecular formula is C16H20BrNO2. The first-order valence-electron chi connectivity index (χ1n) is 7.27. The number of amides is 2. The Morgan fingerprint density at radius 3 is 1.85 bits per heavy atom. The molecule has 4 heteroatoms. The van der Waals surface area contributed by atoms with Crippen LogP contribution in [0.25, 0.3) is 0 Å². The Labute approximate surface area is 128 Å². The number of nitrogens with zero attached hydrogens (tertiary/aromatic N) is 1. The number of hydrogen-bond acceptors (Lipinski definition) is 2. The molecule has 0 aliphatic carbocycles. The lowest BCUT2D eigenvalue weighted by molar-refractivity contribution is 0.0651. The number of unbranched alkanes of at least 4 members (excludes halogenated alkanes) is 5. The zero-order chi connectivity index (χ0) is 14.4. The highest BCUT2D eigenvalue weighted by molar-refractivity contribution is 9.09. The summed E-state index contributed by atoms with van der Waals surface area (Å²) in [7, 11) is 0. The highest BCUT2D eigenvalue weighted by Gasteiger charge is 2.34. The Morgan fingerprint density at radius 2 is 1.30 bits per heavy atom. The van der Waals surface area contributed by atoms with Crippen LogP contribution in [0.4, 0.5) is 0 Å². The van der Waals surface area contributed by atoms with E-state index in [1.54, 1.807) is 24.3 Å². The molecule has 0 N–H and O–H groups in total. The highest BCUT2D eigenvalue weighted by Crippen LogP contribution is 2.22.